The number of anilines is 6. The summed E-state index contributed by atoms with van der Waals surface area (Å²) in [4.78, 5) is 18.1. The zero-order chi connectivity index (χ0) is 40.5. The second-order valence-corrected chi connectivity index (χ2v) is 17.9. The van der Waals surface area contributed by atoms with Gasteiger partial charge in [-0.1, -0.05) is 11.8 Å². The van der Waals surface area contributed by atoms with Crippen LogP contribution >= 0.6 is 34.4 Å². The number of rotatable bonds is 19. The van der Waals surface area contributed by atoms with E-state index in [1.54, 1.807) is 12.1 Å². The van der Waals surface area contributed by atoms with E-state index in [2.05, 4.69) is 55.8 Å². The summed E-state index contributed by atoms with van der Waals surface area (Å²) in [6, 6.07) is 16.3. The smallest absolute Gasteiger partial charge is 0.304 e. The van der Waals surface area contributed by atoms with Crippen LogP contribution in [0.15, 0.2) is 94.7 Å². The molecular formula is C33H39N11O7S5. The van der Waals surface area contributed by atoms with Crippen molar-refractivity contribution in [2.45, 2.75) is 41.3 Å². The fraction of sp³-hybridized carbons (Fsp3) is 0.303. The van der Waals surface area contributed by atoms with Crippen molar-refractivity contribution in [3.63, 3.8) is 0 Å². The Hall–Kier alpha value is -4.62. The molecule has 5 rings (SSSR count). The molecule has 0 radical (unpaired) electrons. The number of thioether (sulfide) groups is 1. The second kappa shape index (κ2) is 19.0. The van der Waals surface area contributed by atoms with Gasteiger partial charge in [0.25, 0.3) is 0 Å². The van der Waals surface area contributed by atoms with Gasteiger partial charge in [0.05, 0.1) is 18.0 Å². The number of aliphatic hydroxyl groups is 1. The molecule has 0 saturated carbocycles. The maximum atomic E-state index is 11.6. The zero-order valence-corrected chi connectivity index (χ0v) is 34.6. The van der Waals surface area contributed by atoms with Crippen molar-refractivity contribution in [3.05, 3.63) is 60.7 Å². The van der Waals surface area contributed by atoms with Gasteiger partial charge in [0.1, 0.15) is 29.8 Å². The molecule has 298 valence electrons. The van der Waals surface area contributed by atoms with E-state index in [1.807, 2.05) is 52.0 Å². The molecule has 0 aliphatic carbocycles. The lowest BCUT2D eigenvalue weighted by Gasteiger charge is -2.22. The van der Waals surface area contributed by atoms with Crippen LogP contribution in [0, 0.1) is 0 Å². The summed E-state index contributed by atoms with van der Waals surface area (Å²) < 4.78 is 64.7. The summed E-state index contributed by atoms with van der Waals surface area (Å²) in [5.41, 5.74) is 3.45. The van der Waals surface area contributed by atoms with Gasteiger partial charge >= 0.3 is 20.2 Å². The van der Waals surface area contributed by atoms with Crippen LogP contribution in [0.4, 0.5) is 56.0 Å². The number of nitrogens with zero attached hydrogens (tertiary/aromatic N) is 9. The number of benzene rings is 2. The number of hydrogen-bond acceptors (Lipinski definition) is 19. The van der Waals surface area contributed by atoms with Crippen molar-refractivity contribution >= 4 is 111 Å². The monoisotopic (exact) mass is 861 g/mol. The maximum absolute atomic E-state index is 11.6. The predicted octanol–water partition coefficient (Wildman–Crippen LogP) is 8.58. The van der Waals surface area contributed by atoms with Gasteiger partial charge in [-0.2, -0.15) is 31.8 Å². The Balaban J connectivity index is 1.55. The van der Waals surface area contributed by atoms with Crippen LogP contribution < -0.4 is 20.4 Å². The quantitative estimate of drug-likeness (QED) is 0.0296. The highest BCUT2D eigenvalue weighted by Gasteiger charge is 2.17. The molecule has 18 nitrogen and oxygen atoms in total. The highest BCUT2D eigenvalue weighted by molar-refractivity contribution is 7.99. The average Bonchev–Trinajstić information content (AvgIpc) is 3.85. The first-order valence-electron chi connectivity index (χ1n) is 17.0. The minimum absolute atomic E-state index is 0.125. The molecule has 0 unspecified atom stereocenters. The third-order valence-electron chi connectivity index (χ3n) is 7.80. The van der Waals surface area contributed by atoms with Crippen molar-refractivity contribution < 1.29 is 31.0 Å². The van der Waals surface area contributed by atoms with Crippen LogP contribution in [0.2, 0.25) is 0 Å². The largest absolute Gasteiger partial charge is 0.396 e. The first-order valence-corrected chi connectivity index (χ1v) is 22.5. The molecule has 0 aliphatic heterocycles. The number of nitrogens with one attached hydrogen (secondary N) is 2. The molecule has 2 aromatic carbocycles. The molecule has 56 heavy (non-hydrogen) atoms. The van der Waals surface area contributed by atoms with Crippen LogP contribution in [0.1, 0.15) is 27.7 Å². The second-order valence-electron chi connectivity index (χ2n) is 11.4. The fourth-order valence-corrected chi connectivity index (χ4v) is 8.65. The number of azo groups is 2. The summed E-state index contributed by atoms with van der Waals surface area (Å²) in [7, 11) is -8.79. The van der Waals surface area contributed by atoms with Crippen LogP contribution in [0.3, 0.4) is 0 Å². The third-order valence-corrected chi connectivity index (χ3v) is 13.2. The molecule has 0 fully saturated rings. The summed E-state index contributed by atoms with van der Waals surface area (Å²) >= 11 is 2.73. The maximum Gasteiger partial charge on any atom is 0.304 e. The Kier molecular flexibility index (Phi) is 14.4. The van der Waals surface area contributed by atoms with Crippen molar-refractivity contribution in [2.24, 2.45) is 20.5 Å². The normalized spacial score (nSPS) is 12.1. The lowest BCUT2D eigenvalue weighted by molar-refractivity contribution is 0.322. The lowest BCUT2D eigenvalue weighted by Crippen LogP contribution is -2.21. The van der Waals surface area contributed by atoms with Crippen molar-refractivity contribution in [1.29, 1.82) is 0 Å². The van der Waals surface area contributed by atoms with Crippen LogP contribution in [0.5, 0.6) is 0 Å². The lowest BCUT2D eigenvalue weighted by atomic mass is 10.2. The van der Waals surface area contributed by atoms with Gasteiger partial charge in [-0.05, 0) is 88.4 Å². The van der Waals surface area contributed by atoms with E-state index >= 15 is 0 Å². The highest BCUT2D eigenvalue weighted by Crippen LogP contribution is 2.38. The van der Waals surface area contributed by atoms with E-state index < -0.39 is 20.2 Å². The first-order chi connectivity index (χ1) is 26.7. The van der Waals surface area contributed by atoms with Gasteiger partial charge in [-0.25, -0.2) is 0 Å². The van der Waals surface area contributed by atoms with E-state index in [4.69, 9.17) is 0 Å². The molecule has 3 heterocycles. The number of hydrogen-bond donors (Lipinski definition) is 5. The standard InChI is InChI=1S/C33H39N11O7S5/c1-5-43(6-2)21-9-11-23(39-41-27-13-15-29(53-27)55(46,47)48)25(19-21)34-31-36-32(38-33(37-31)52-18-17-45)35-26-20-22(44(7-3)8-4)10-12-24(26)40-42-28-14-16-30(54-28)56(49,50)51/h9-16,19-20,45H,5-8,17-18H2,1-4H3,(H,46,47,48)(H,49,50,51)(H2,34,35,36,37,38). The highest BCUT2D eigenvalue weighted by atomic mass is 32.3. The fourth-order valence-electron chi connectivity index (χ4n) is 5.12. The van der Waals surface area contributed by atoms with Gasteiger partial charge in [0, 0.05) is 43.3 Å². The summed E-state index contributed by atoms with van der Waals surface area (Å²) in [6.07, 6.45) is 0. The number of aliphatic hydroxyl groups excluding tert-OH is 1. The molecular weight excluding hydrogens is 823 g/mol. The Morgan fingerprint density at radius 1 is 0.643 bits per heavy atom. The summed E-state index contributed by atoms with van der Waals surface area (Å²) in [5, 5.41) is 34.0. The minimum atomic E-state index is -4.39. The van der Waals surface area contributed by atoms with Crippen molar-refractivity contribution in [2.75, 3.05) is 59.0 Å². The topological polar surface area (TPSA) is 248 Å². The van der Waals surface area contributed by atoms with Crippen molar-refractivity contribution in [3.8, 4) is 0 Å². The molecule has 0 aliphatic rings. The average molecular weight is 862 g/mol. The minimum Gasteiger partial charge on any atom is -0.396 e. The van der Waals surface area contributed by atoms with Gasteiger partial charge < -0.3 is 25.5 Å². The van der Waals surface area contributed by atoms with E-state index in [1.165, 1.54) is 36.0 Å². The van der Waals surface area contributed by atoms with E-state index in [0.29, 0.717) is 28.5 Å². The van der Waals surface area contributed by atoms with Crippen LogP contribution in [-0.4, -0.2) is 84.5 Å². The molecule has 0 atom stereocenters. The third kappa shape index (κ3) is 11.2. The van der Waals surface area contributed by atoms with Crippen LogP contribution in [0.25, 0.3) is 0 Å². The Morgan fingerprint density at radius 3 is 1.43 bits per heavy atom. The Labute approximate surface area is 336 Å². The molecule has 3 aromatic heterocycles. The molecule has 0 amide bonds. The Bertz CT molecular complexity index is 2250. The van der Waals surface area contributed by atoms with Gasteiger partial charge in [-0.3, -0.25) is 9.11 Å². The summed E-state index contributed by atoms with van der Waals surface area (Å²) in [5.74, 6) is 0.552. The molecule has 0 saturated heterocycles. The Morgan fingerprint density at radius 2 is 1.07 bits per heavy atom. The van der Waals surface area contributed by atoms with E-state index in [9.17, 15) is 31.0 Å². The molecule has 5 aromatic rings. The zero-order valence-electron chi connectivity index (χ0n) is 30.6. The van der Waals surface area contributed by atoms with Gasteiger partial charge in [0.2, 0.25) is 11.9 Å². The predicted molar refractivity (Wildman–Crippen MR) is 221 cm³/mol. The molecule has 5 N–H and O–H groups in total. The van der Waals surface area contributed by atoms with Crippen molar-refractivity contribution in [1.82, 2.24) is 15.0 Å². The van der Waals surface area contributed by atoms with E-state index in [0.717, 1.165) is 60.2 Å². The number of aromatic nitrogens is 3. The van der Waals surface area contributed by atoms with Crippen LogP contribution in [-0.2, 0) is 20.2 Å². The SMILES string of the molecule is CCN(CC)c1ccc(N=Nc2ccc(S(=O)(=O)O)s2)c(Nc2nc(Nc3cc(N(CC)CC)ccc3N=Nc3ccc(S(=O)(=O)O)s3)nc(SCCO)n2)c1. The molecule has 0 bridgehead atoms. The van der Waals surface area contributed by atoms with Gasteiger partial charge in [-0.15, -0.1) is 43.1 Å². The molecule has 23 heteroatoms. The van der Waals surface area contributed by atoms with Gasteiger partial charge in [0.15, 0.2) is 5.16 Å². The summed E-state index contributed by atoms with van der Waals surface area (Å²) in [6.45, 7) is 10.9. The molecule has 0 spiro atoms. The number of thiophene rings is 2. The van der Waals surface area contributed by atoms with E-state index in [-0.39, 0.29) is 42.1 Å². The first kappa shape index (κ1) is 42.5.